The number of nitrogens with one attached hydrogen (secondary N) is 1. The third-order valence-electron chi connectivity index (χ3n) is 3.61. The van der Waals surface area contributed by atoms with Gasteiger partial charge in [-0.3, -0.25) is 14.9 Å². The molecule has 1 amide bonds. The van der Waals surface area contributed by atoms with E-state index >= 15 is 0 Å². The van der Waals surface area contributed by atoms with Crippen LogP contribution in [-0.2, 0) is 6.42 Å². The first-order valence-corrected chi connectivity index (χ1v) is 8.68. The molecular formula is C19H21ClN2O4. The normalized spacial score (nSPS) is 10.6. The summed E-state index contributed by atoms with van der Waals surface area (Å²) in [5, 5.41) is 13.5. The highest BCUT2D eigenvalue weighted by molar-refractivity contribution is 6.34. The first kappa shape index (κ1) is 19.7. The van der Waals surface area contributed by atoms with Crippen LogP contribution in [-0.4, -0.2) is 24.0 Å². The first-order chi connectivity index (χ1) is 12.4. The molecule has 0 heterocycles. The van der Waals surface area contributed by atoms with Crippen LogP contribution in [0.4, 0.5) is 5.69 Å². The summed E-state index contributed by atoms with van der Waals surface area (Å²) in [6.45, 7) is 5.28. The fourth-order valence-corrected chi connectivity index (χ4v) is 2.49. The lowest BCUT2D eigenvalue weighted by atomic mass is 10.1. The molecule has 2 aromatic carbocycles. The molecule has 0 aliphatic heterocycles. The summed E-state index contributed by atoms with van der Waals surface area (Å²) in [5.74, 6) is 0.932. The summed E-state index contributed by atoms with van der Waals surface area (Å²) in [6, 6.07) is 11.5. The third-order valence-corrected chi connectivity index (χ3v) is 3.93. The lowest BCUT2D eigenvalue weighted by molar-refractivity contribution is -0.384. The molecule has 0 bridgehead atoms. The van der Waals surface area contributed by atoms with E-state index in [1.165, 1.54) is 18.2 Å². The van der Waals surface area contributed by atoms with Crippen LogP contribution in [0, 0.1) is 16.0 Å². The van der Waals surface area contributed by atoms with Gasteiger partial charge in [0.1, 0.15) is 5.75 Å². The van der Waals surface area contributed by atoms with Gasteiger partial charge in [-0.2, -0.15) is 0 Å². The van der Waals surface area contributed by atoms with E-state index in [-0.39, 0.29) is 22.2 Å². The standard InChI is InChI=1S/C19H21ClN2O4/c1-13(2)12-26-16-6-3-14(4-7-16)9-10-21-19(23)17-8-5-15(22(24)25)11-18(17)20/h3-8,11,13H,9-10,12H2,1-2H3,(H,21,23). The maximum Gasteiger partial charge on any atom is 0.270 e. The minimum atomic E-state index is -0.553. The van der Waals surface area contributed by atoms with Crippen LogP contribution < -0.4 is 10.1 Å². The summed E-state index contributed by atoms with van der Waals surface area (Å²) in [6.07, 6.45) is 0.654. The monoisotopic (exact) mass is 376 g/mol. The van der Waals surface area contributed by atoms with Gasteiger partial charge in [0.15, 0.2) is 0 Å². The summed E-state index contributed by atoms with van der Waals surface area (Å²) in [5.41, 5.74) is 1.14. The van der Waals surface area contributed by atoms with Crippen LogP contribution in [0.3, 0.4) is 0 Å². The molecule has 0 aromatic heterocycles. The fourth-order valence-electron chi connectivity index (χ4n) is 2.23. The second kappa shape index (κ2) is 9.20. The zero-order valence-electron chi connectivity index (χ0n) is 14.7. The van der Waals surface area contributed by atoms with Gasteiger partial charge in [-0.1, -0.05) is 37.6 Å². The number of halogens is 1. The van der Waals surface area contributed by atoms with Gasteiger partial charge in [0.2, 0.25) is 0 Å². The number of ether oxygens (including phenoxy) is 1. The number of nitrogens with zero attached hydrogens (tertiary/aromatic N) is 1. The van der Waals surface area contributed by atoms with Crippen molar-refractivity contribution in [2.24, 2.45) is 5.92 Å². The Labute approximate surface area is 157 Å². The molecule has 0 aliphatic carbocycles. The van der Waals surface area contributed by atoms with Gasteiger partial charge < -0.3 is 10.1 Å². The van der Waals surface area contributed by atoms with Crippen molar-refractivity contribution in [3.8, 4) is 5.75 Å². The zero-order chi connectivity index (χ0) is 19.1. The molecule has 138 valence electrons. The molecule has 0 unspecified atom stereocenters. The van der Waals surface area contributed by atoms with Crippen LogP contribution in [0.2, 0.25) is 5.02 Å². The van der Waals surface area contributed by atoms with Gasteiger partial charge in [-0.25, -0.2) is 0 Å². The molecule has 26 heavy (non-hydrogen) atoms. The number of carbonyl (C=O) groups excluding carboxylic acids is 1. The number of carbonyl (C=O) groups is 1. The lowest BCUT2D eigenvalue weighted by Crippen LogP contribution is -2.26. The van der Waals surface area contributed by atoms with Gasteiger partial charge >= 0.3 is 0 Å². The van der Waals surface area contributed by atoms with Crippen molar-refractivity contribution in [2.75, 3.05) is 13.2 Å². The van der Waals surface area contributed by atoms with Gasteiger partial charge in [0, 0.05) is 18.7 Å². The molecule has 6 nitrogen and oxygen atoms in total. The van der Waals surface area contributed by atoms with Crippen LogP contribution in [0.15, 0.2) is 42.5 Å². The Kier molecular flexibility index (Phi) is 6.97. The Morgan fingerprint density at radius 1 is 1.23 bits per heavy atom. The lowest BCUT2D eigenvalue weighted by Gasteiger charge is -2.10. The first-order valence-electron chi connectivity index (χ1n) is 8.30. The number of amides is 1. The van der Waals surface area contributed by atoms with E-state index in [0.29, 0.717) is 25.5 Å². The van der Waals surface area contributed by atoms with Crippen molar-refractivity contribution in [1.29, 1.82) is 0 Å². The van der Waals surface area contributed by atoms with Gasteiger partial charge in [0.05, 0.1) is 22.1 Å². The van der Waals surface area contributed by atoms with E-state index in [1.807, 2.05) is 24.3 Å². The third kappa shape index (κ3) is 5.74. The number of nitro groups is 1. The Balaban J connectivity index is 1.85. The summed E-state index contributed by atoms with van der Waals surface area (Å²) in [4.78, 5) is 22.3. The second-order valence-electron chi connectivity index (χ2n) is 6.28. The molecule has 1 N–H and O–H groups in total. The Morgan fingerprint density at radius 2 is 1.92 bits per heavy atom. The zero-order valence-corrected chi connectivity index (χ0v) is 15.5. The van der Waals surface area contributed by atoms with E-state index in [4.69, 9.17) is 16.3 Å². The quantitative estimate of drug-likeness (QED) is 0.551. The molecule has 7 heteroatoms. The SMILES string of the molecule is CC(C)COc1ccc(CCNC(=O)c2ccc([N+](=O)[O-])cc2Cl)cc1. The summed E-state index contributed by atoms with van der Waals surface area (Å²) >= 11 is 5.95. The predicted molar refractivity (Wildman–Crippen MR) is 101 cm³/mol. The van der Waals surface area contributed by atoms with Crippen molar-refractivity contribution >= 4 is 23.2 Å². The van der Waals surface area contributed by atoms with E-state index in [2.05, 4.69) is 19.2 Å². The van der Waals surface area contributed by atoms with Crippen molar-refractivity contribution in [1.82, 2.24) is 5.32 Å². The maximum atomic E-state index is 12.2. The number of rotatable bonds is 8. The fraction of sp³-hybridized carbons (Fsp3) is 0.316. The number of benzene rings is 2. The van der Waals surface area contributed by atoms with E-state index in [9.17, 15) is 14.9 Å². The minimum Gasteiger partial charge on any atom is -0.493 e. The average molecular weight is 377 g/mol. The van der Waals surface area contributed by atoms with E-state index in [1.54, 1.807) is 0 Å². The second-order valence-corrected chi connectivity index (χ2v) is 6.68. The molecule has 2 aromatic rings. The predicted octanol–water partition coefficient (Wildman–Crippen LogP) is 4.26. The largest absolute Gasteiger partial charge is 0.493 e. The molecule has 0 atom stereocenters. The van der Waals surface area contributed by atoms with Crippen molar-refractivity contribution in [3.63, 3.8) is 0 Å². The topological polar surface area (TPSA) is 81.5 Å². The van der Waals surface area contributed by atoms with E-state index in [0.717, 1.165) is 11.3 Å². The van der Waals surface area contributed by atoms with Gasteiger partial charge in [-0.05, 0) is 36.1 Å². The molecule has 0 fully saturated rings. The number of hydrogen-bond donors (Lipinski definition) is 1. The van der Waals surface area contributed by atoms with E-state index < -0.39 is 4.92 Å². The van der Waals surface area contributed by atoms with Crippen molar-refractivity contribution in [2.45, 2.75) is 20.3 Å². The molecule has 0 spiro atoms. The number of hydrogen-bond acceptors (Lipinski definition) is 4. The maximum absolute atomic E-state index is 12.2. The average Bonchev–Trinajstić information content (AvgIpc) is 2.60. The van der Waals surface area contributed by atoms with Gasteiger partial charge in [0.25, 0.3) is 11.6 Å². The van der Waals surface area contributed by atoms with Crippen molar-refractivity contribution < 1.29 is 14.5 Å². The molecule has 0 radical (unpaired) electrons. The molecule has 0 saturated carbocycles. The Morgan fingerprint density at radius 3 is 2.50 bits per heavy atom. The number of non-ortho nitro benzene ring substituents is 1. The number of nitro benzene ring substituents is 1. The Bertz CT molecular complexity index is 776. The molecular weight excluding hydrogens is 356 g/mol. The highest BCUT2D eigenvalue weighted by Crippen LogP contribution is 2.22. The van der Waals surface area contributed by atoms with Crippen LogP contribution in [0.25, 0.3) is 0 Å². The highest BCUT2D eigenvalue weighted by Gasteiger charge is 2.14. The van der Waals surface area contributed by atoms with Gasteiger partial charge in [-0.15, -0.1) is 0 Å². The molecule has 2 rings (SSSR count). The molecule has 0 saturated heterocycles. The highest BCUT2D eigenvalue weighted by atomic mass is 35.5. The van der Waals surface area contributed by atoms with Crippen LogP contribution in [0.5, 0.6) is 5.75 Å². The minimum absolute atomic E-state index is 0.0587. The summed E-state index contributed by atoms with van der Waals surface area (Å²) < 4.78 is 5.63. The summed E-state index contributed by atoms with van der Waals surface area (Å²) in [7, 11) is 0. The van der Waals surface area contributed by atoms with Crippen molar-refractivity contribution in [3.05, 3.63) is 68.7 Å². The smallest absolute Gasteiger partial charge is 0.270 e. The van der Waals surface area contributed by atoms with Crippen LogP contribution >= 0.6 is 11.6 Å². The molecule has 0 aliphatic rings. The van der Waals surface area contributed by atoms with Crippen LogP contribution in [0.1, 0.15) is 29.8 Å². The Hall–Kier alpha value is -2.60.